The number of rotatable bonds is 10. The molecule has 1 heterocycles. The van der Waals surface area contributed by atoms with E-state index in [4.69, 9.17) is 16.3 Å². The summed E-state index contributed by atoms with van der Waals surface area (Å²) in [5, 5.41) is 6.83. The quantitative estimate of drug-likeness (QED) is 0.648. The van der Waals surface area contributed by atoms with Crippen LogP contribution in [0, 0.1) is 5.92 Å². The van der Waals surface area contributed by atoms with Gasteiger partial charge in [0.05, 0.1) is 12.8 Å². The van der Waals surface area contributed by atoms with E-state index in [1.54, 1.807) is 6.20 Å². The lowest BCUT2D eigenvalue weighted by atomic mass is 10.1. The first-order chi connectivity index (χ1) is 9.63. The van der Waals surface area contributed by atoms with Crippen LogP contribution in [0.4, 0.5) is 11.8 Å². The van der Waals surface area contributed by atoms with E-state index >= 15 is 0 Å². The molecule has 0 atom stereocenters. The van der Waals surface area contributed by atoms with Crippen molar-refractivity contribution in [1.82, 2.24) is 9.97 Å². The maximum absolute atomic E-state index is 6.06. The van der Waals surface area contributed by atoms with Gasteiger partial charge in [-0.3, -0.25) is 0 Å². The van der Waals surface area contributed by atoms with Crippen molar-refractivity contribution in [3.8, 4) is 0 Å². The largest absolute Gasteiger partial charge is 0.380 e. The maximum atomic E-state index is 6.06. The van der Waals surface area contributed by atoms with Crippen molar-refractivity contribution in [2.75, 3.05) is 36.9 Å². The fourth-order valence-electron chi connectivity index (χ4n) is 1.48. The average molecular weight is 301 g/mol. The summed E-state index contributed by atoms with van der Waals surface area (Å²) < 4.78 is 5.54. The summed E-state index contributed by atoms with van der Waals surface area (Å²) in [6.45, 7) is 9.43. The van der Waals surface area contributed by atoms with E-state index in [-0.39, 0.29) is 0 Å². The number of hydrogen-bond acceptors (Lipinski definition) is 5. The zero-order chi connectivity index (χ0) is 14.8. The van der Waals surface area contributed by atoms with Gasteiger partial charge in [-0.05, 0) is 18.8 Å². The van der Waals surface area contributed by atoms with Crippen LogP contribution in [0.25, 0.3) is 0 Å². The summed E-state index contributed by atoms with van der Waals surface area (Å²) in [5.41, 5.74) is 0. The summed E-state index contributed by atoms with van der Waals surface area (Å²) in [7, 11) is 0. The van der Waals surface area contributed by atoms with Gasteiger partial charge < -0.3 is 15.4 Å². The van der Waals surface area contributed by atoms with E-state index in [0.29, 0.717) is 35.9 Å². The molecule has 0 spiro atoms. The molecule has 1 aromatic rings. The standard InChI is InChI=1S/C14H25ClN4O/c1-4-6-17-14-18-10-12(15)13(19-14)16-7-9-20-8-5-11(2)3/h10-11H,4-9H2,1-3H3,(H2,16,17,18,19). The molecule has 0 amide bonds. The topological polar surface area (TPSA) is 59.1 Å². The van der Waals surface area contributed by atoms with Crippen LogP contribution >= 0.6 is 11.6 Å². The van der Waals surface area contributed by atoms with Crippen LogP contribution in [0.5, 0.6) is 0 Å². The summed E-state index contributed by atoms with van der Waals surface area (Å²) in [6.07, 6.45) is 3.71. The lowest BCUT2D eigenvalue weighted by Gasteiger charge is -2.10. The predicted molar refractivity (Wildman–Crippen MR) is 84.6 cm³/mol. The molecule has 0 radical (unpaired) electrons. The van der Waals surface area contributed by atoms with Gasteiger partial charge in [-0.1, -0.05) is 32.4 Å². The Balaban J connectivity index is 2.31. The molecule has 1 aromatic heterocycles. The molecule has 0 aliphatic heterocycles. The van der Waals surface area contributed by atoms with E-state index in [1.807, 2.05) is 0 Å². The molecular formula is C14H25ClN4O. The van der Waals surface area contributed by atoms with Crippen molar-refractivity contribution < 1.29 is 4.74 Å². The van der Waals surface area contributed by atoms with Crippen molar-refractivity contribution in [3.63, 3.8) is 0 Å². The van der Waals surface area contributed by atoms with Gasteiger partial charge in [-0.15, -0.1) is 0 Å². The van der Waals surface area contributed by atoms with Crippen LogP contribution in [0.15, 0.2) is 6.20 Å². The Morgan fingerprint density at radius 3 is 2.75 bits per heavy atom. The van der Waals surface area contributed by atoms with Crippen LogP contribution < -0.4 is 10.6 Å². The van der Waals surface area contributed by atoms with Gasteiger partial charge >= 0.3 is 0 Å². The number of halogens is 1. The van der Waals surface area contributed by atoms with E-state index in [0.717, 1.165) is 26.0 Å². The molecule has 0 aliphatic carbocycles. The molecule has 114 valence electrons. The van der Waals surface area contributed by atoms with Gasteiger partial charge in [0.2, 0.25) is 5.95 Å². The third kappa shape index (κ3) is 6.91. The molecule has 0 unspecified atom stereocenters. The second kappa shape index (κ2) is 9.77. The first-order valence-electron chi connectivity index (χ1n) is 7.21. The summed E-state index contributed by atoms with van der Waals surface area (Å²) in [6, 6.07) is 0. The lowest BCUT2D eigenvalue weighted by molar-refractivity contribution is 0.132. The molecule has 0 aromatic carbocycles. The minimum atomic E-state index is 0.522. The Hall–Kier alpha value is -1.07. The molecular weight excluding hydrogens is 276 g/mol. The highest BCUT2D eigenvalue weighted by Gasteiger charge is 2.04. The predicted octanol–water partition coefficient (Wildman–Crippen LogP) is 3.43. The Kier molecular flexibility index (Phi) is 8.30. The SMILES string of the molecule is CCCNc1ncc(Cl)c(NCCOCCC(C)C)n1. The molecule has 0 bridgehead atoms. The van der Waals surface area contributed by atoms with E-state index in [2.05, 4.69) is 41.4 Å². The number of nitrogens with one attached hydrogen (secondary N) is 2. The van der Waals surface area contributed by atoms with Gasteiger partial charge in [-0.2, -0.15) is 4.98 Å². The third-order valence-electron chi connectivity index (χ3n) is 2.66. The molecule has 0 saturated heterocycles. The van der Waals surface area contributed by atoms with Crippen molar-refractivity contribution in [2.24, 2.45) is 5.92 Å². The fourth-order valence-corrected chi connectivity index (χ4v) is 1.63. The van der Waals surface area contributed by atoms with Gasteiger partial charge in [0.25, 0.3) is 0 Å². The number of anilines is 2. The highest BCUT2D eigenvalue weighted by Crippen LogP contribution is 2.18. The highest BCUT2D eigenvalue weighted by molar-refractivity contribution is 6.32. The molecule has 2 N–H and O–H groups in total. The molecule has 0 saturated carbocycles. The van der Waals surface area contributed by atoms with E-state index in [9.17, 15) is 0 Å². The van der Waals surface area contributed by atoms with Crippen molar-refractivity contribution in [1.29, 1.82) is 0 Å². The van der Waals surface area contributed by atoms with E-state index < -0.39 is 0 Å². The number of aromatic nitrogens is 2. The molecule has 20 heavy (non-hydrogen) atoms. The molecule has 6 heteroatoms. The molecule has 1 rings (SSSR count). The highest BCUT2D eigenvalue weighted by atomic mass is 35.5. The van der Waals surface area contributed by atoms with E-state index in [1.165, 1.54) is 0 Å². The van der Waals surface area contributed by atoms with Gasteiger partial charge in [0.1, 0.15) is 5.02 Å². The zero-order valence-corrected chi connectivity index (χ0v) is 13.3. The smallest absolute Gasteiger partial charge is 0.224 e. The van der Waals surface area contributed by atoms with Crippen LogP contribution in [0.2, 0.25) is 5.02 Å². The normalized spacial score (nSPS) is 10.8. The van der Waals surface area contributed by atoms with Crippen LogP contribution in [0.3, 0.4) is 0 Å². The Labute approximate surface area is 126 Å². The van der Waals surface area contributed by atoms with Crippen LogP contribution in [0.1, 0.15) is 33.6 Å². The number of ether oxygens (including phenoxy) is 1. The van der Waals surface area contributed by atoms with Gasteiger partial charge in [0.15, 0.2) is 5.82 Å². The number of hydrogen-bond donors (Lipinski definition) is 2. The minimum absolute atomic E-state index is 0.522. The second-order valence-corrected chi connectivity index (χ2v) is 5.45. The Morgan fingerprint density at radius 2 is 2.05 bits per heavy atom. The summed E-state index contributed by atoms with van der Waals surface area (Å²) >= 11 is 6.06. The average Bonchev–Trinajstić information content (AvgIpc) is 2.42. The monoisotopic (exact) mass is 300 g/mol. The summed E-state index contributed by atoms with van der Waals surface area (Å²) in [5.74, 6) is 1.92. The Bertz CT molecular complexity index is 387. The first-order valence-corrected chi connectivity index (χ1v) is 7.59. The van der Waals surface area contributed by atoms with Crippen LogP contribution in [-0.2, 0) is 4.74 Å². The second-order valence-electron chi connectivity index (χ2n) is 5.04. The van der Waals surface area contributed by atoms with Crippen LogP contribution in [-0.4, -0.2) is 36.3 Å². The van der Waals surface area contributed by atoms with Crippen molar-refractivity contribution in [3.05, 3.63) is 11.2 Å². The first kappa shape index (κ1) is 17.0. The number of nitrogens with zero attached hydrogens (tertiary/aromatic N) is 2. The van der Waals surface area contributed by atoms with Gasteiger partial charge in [0, 0.05) is 19.7 Å². The zero-order valence-electron chi connectivity index (χ0n) is 12.6. The maximum Gasteiger partial charge on any atom is 0.224 e. The summed E-state index contributed by atoms with van der Waals surface area (Å²) in [4.78, 5) is 8.46. The van der Waals surface area contributed by atoms with Crippen molar-refractivity contribution in [2.45, 2.75) is 33.6 Å². The molecule has 5 nitrogen and oxygen atoms in total. The fraction of sp³-hybridized carbons (Fsp3) is 0.714. The van der Waals surface area contributed by atoms with Gasteiger partial charge in [-0.25, -0.2) is 4.98 Å². The minimum Gasteiger partial charge on any atom is -0.380 e. The molecule has 0 aliphatic rings. The third-order valence-corrected chi connectivity index (χ3v) is 2.93. The van der Waals surface area contributed by atoms with Crippen molar-refractivity contribution >= 4 is 23.4 Å². The lowest BCUT2D eigenvalue weighted by Crippen LogP contribution is -2.13. The Morgan fingerprint density at radius 1 is 1.25 bits per heavy atom. The molecule has 0 fully saturated rings.